The number of aromatic nitrogens is 2. The average molecular weight is 167 g/mol. The molecular formula is C9H17N3. The third-order valence-electron chi connectivity index (χ3n) is 2.47. The summed E-state index contributed by atoms with van der Waals surface area (Å²) in [7, 11) is 4.01. The molecule has 68 valence electrons. The van der Waals surface area contributed by atoms with Crippen molar-refractivity contribution in [3.05, 3.63) is 18.2 Å². The molecule has 0 aromatic carbocycles. The van der Waals surface area contributed by atoms with Gasteiger partial charge in [-0.15, -0.1) is 0 Å². The Morgan fingerprint density at radius 2 is 2.17 bits per heavy atom. The van der Waals surface area contributed by atoms with Gasteiger partial charge in [-0.2, -0.15) is 0 Å². The fraction of sp³-hybridized carbons (Fsp3) is 0.667. The van der Waals surface area contributed by atoms with Gasteiger partial charge in [-0.3, -0.25) is 0 Å². The summed E-state index contributed by atoms with van der Waals surface area (Å²) in [6, 6.07) is 0.464. The standard InChI is InChI=1S/C9H17N3/c1-7(8(2)10-3)9-11-5-6-12(9)4/h5-8,10H,1-4H3. The summed E-state index contributed by atoms with van der Waals surface area (Å²) in [6.07, 6.45) is 3.82. The van der Waals surface area contributed by atoms with Crippen molar-refractivity contribution in [3.63, 3.8) is 0 Å². The third kappa shape index (κ3) is 1.67. The van der Waals surface area contributed by atoms with Crippen LogP contribution in [0.15, 0.2) is 12.4 Å². The van der Waals surface area contributed by atoms with Crippen molar-refractivity contribution in [2.75, 3.05) is 7.05 Å². The van der Waals surface area contributed by atoms with E-state index in [9.17, 15) is 0 Å². The van der Waals surface area contributed by atoms with Gasteiger partial charge in [0.15, 0.2) is 0 Å². The highest BCUT2D eigenvalue weighted by atomic mass is 15.0. The van der Waals surface area contributed by atoms with Crippen LogP contribution in [-0.2, 0) is 7.05 Å². The van der Waals surface area contributed by atoms with Crippen LogP contribution in [-0.4, -0.2) is 22.6 Å². The van der Waals surface area contributed by atoms with Crippen molar-refractivity contribution in [2.24, 2.45) is 7.05 Å². The average Bonchev–Trinajstić information content (AvgIpc) is 2.48. The van der Waals surface area contributed by atoms with Gasteiger partial charge in [0.2, 0.25) is 0 Å². The Hall–Kier alpha value is -0.830. The van der Waals surface area contributed by atoms with Crippen LogP contribution in [0.1, 0.15) is 25.6 Å². The van der Waals surface area contributed by atoms with Crippen molar-refractivity contribution in [1.29, 1.82) is 0 Å². The number of nitrogens with one attached hydrogen (secondary N) is 1. The van der Waals surface area contributed by atoms with Gasteiger partial charge >= 0.3 is 0 Å². The van der Waals surface area contributed by atoms with E-state index in [1.165, 1.54) is 0 Å². The lowest BCUT2D eigenvalue weighted by Gasteiger charge is -2.18. The third-order valence-corrected chi connectivity index (χ3v) is 2.47. The van der Waals surface area contributed by atoms with Crippen LogP contribution < -0.4 is 5.32 Å². The summed E-state index contributed by atoms with van der Waals surface area (Å²) in [6.45, 7) is 4.35. The number of likely N-dealkylation sites (N-methyl/N-ethyl adjacent to an activating group) is 1. The second-order valence-corrected chi connectivity index (χ2v) is 3.26. The summed E-state index contributed by atoms with van der Waals surface area (Å²) < 4.78 is 2.07. The van der Waals surface area contributed by atoms with Gasteiger partial charge in [0.1, 0.15) is 5.82 Å². The van der Waals surface area contributed by atoms with E-state index in [0.717, 1.165) is 5.82 Å². The van der Waals surface area contributed by atoms with Gasteiger partial charge in [-0.1, -0.05) is 6.92 Å². The fourth-order valence-electron chi connectivity index (χ4n) is 1.29. The predicted molar refractivity (Wildman–Crippen MR) is 50.1 cm³/mol. The maximum absolute atomic E-state index is 4.31. The zero-order valence-electron chi connectivity index (χ0n) is 8.20. The van der Waals surface area contributed by atoms with Crippen LogP contribution in [0.4, 0.5) is 0 Å². The van der Waals surface area contributed by atoms with Crippen molar-refractivity contribution in [3.8, 4) is 0 Å². The Morgan fingerprint density at radius 3 is 2.58 bits per heavy atom. The molecule has 2 unspecified atom stereocenters. The monoisotopic (exact) mass is 167 g/mol. The summed E-state index contributed by atoms with van der Waals surface area (Å²) in [5.74, 6) is 1.59. The molecule has 1 aromatic rings. The number of hydrogen-bond acceptors (Lipinski definition) is 2. The van der Waals surface area contributed by atoms with Gasteiger partial charge in [-0.25, -0.2) is 4.98 Å². The van der Waals surface area contributed by atoms with E-state index in [1.54, 1.807) is 0 Å². The van der Waals surface area contributed by atoms with Crippen LogP contribution in [0, 0.1) is 0 Å². The number of imidazole rings is 1. The molecule has 0 fully saturated rings. The Morgan fingerprint density at radius 1 is 1.50 bits per heavy atom. The quantitative estimate of drug-likeness (QED) is 0.731. The maximum Gasteiger partial charge on any atom is 0.112 e. The molecule has 1 N–H and O–H groups in total. The van der Waals surface area contributed by atoms with Crippen molar-refractivity contribution in [1.82, 2.24) is 14.9 Å². The minimum Gasteiger partial charge on any atom is -0.338 e. The molecule has 0 saturated heterocycles. The second-order valence-electron chi connectivity index (χ2n) is 3.26. The first kappa shape index (κ1) is 9.26. The summed E-state index contributed by atoms with van der Waals surface area (Å²) in [5, 5.41) is 3.23. The molecule has 0 bridgehead atoms. The zero-order valence-corrected chi connectivity index (χ0v) is 8.20. The van der Waals surface area contributed by atoms with E-state index < -0.39 is 0 Å². The Bertz CT molecular complexity index is 242. The summed E-state index contributed by atoms with van der Waals surface area (Å²) >= 11 is 0. The van der Waals surface area contributed by atoms with E-state index in [1.807, 2.05) is 26.5 Å². The lowest BCUT2D eigenvalue weighted by Crippen LogP contribution is -2.28. The lowest BCUT2D eigenvalue weighted by atomic mass is 10.0. The van der Waals surface area contributed by atoms with Gasteiger partial charge in [0, 0.05) is 31.4 Å². The van der Waals surface area contributed by atoms with Crippen LogP contribution in [0.2, 0.25) is 0 Å². The highest BCUT2D eigenvalue weighted by Gasteiger charge is 2.15. The molecule has 0 saturated carbocycles. The van der Waals surface area contributed by atoms with Crippen LogP contribution in [0.25, 0.3) is 0 Å². The van der Waals surface area contributed by atoms with Gasteiger partial charge in [0.05, 0.1) is 0 Å². The SMILES string of the molecule is CNC(C)C(C)c1nccn1C. The van der Waals surface area contributed by atoms with Crippen LogP contribution >= 0.6 is 0 Å². The van der Waals surface area contributed by atoms with E-state index in [4.69, 9.17) is 0 Å². The molecule has 0 aliphatic rings. The molecule has 0 radical (unpaired) electrons. The Labute approximate surface area is 73.8 Å². The molecule has 0 aliphatic carbocycles. The molecule has 1 aromatic heterocycles. The zero-order chi connectivity index (χ0) is 9.14. The van der Waals surface area contributed by atoms with Crippen LogP contribution in [0.5, 0.6) is 0 Å². The molecule has 0 spiro atoms. The van der Waals surface area contributed by atoms with Gasteiger partial charge < -0.3 is 9.88 Å². The smallest absolute Gasteiger partial charge is 0.112 e. The molecule has 3 heteroatoms. The first-order valence-corrected chi connectivity index (χ1v) is 4.31. The highest BCUT2D eigenvalue weighted by Crippen LogP contribution is 2.15. The van der Waals surface area contributed by atoms with E-state index in [-0.39, 0.29) is 0 Å². The number of rotatable bonds is 3. The minimum atomic E-state index is 0.454. The van der Waals surface area contributed by atoms with Crippen molar-refractivity contribution < 1.29 is 0 Å². The number of nitrogens with zero attached hydrogens (tertiary/aromatic N) is 2. The van der Waals surface area contributed by atoms with E-state index in [2.05, 4.69) is 28.7 Å². The lowest BCUT2D eigenvalue weighted by molar-refractivity contribution is 0.493. The van der Waals surface area contributed by atoms with E-state index in [0.29, 0.717) is 12.0 Å². The molecular weight excluding hydrogens is 150 g/mol. The first-order chi connectivity index (χ1) is 5.66. The summed E-state index contributed by atoms with van der Waals surface area (Å²) in [4.78, 5) is 4.31. The highest BCUT2D eigenvalue weighted by molar-refractivity contribution is 5.01. The molecule has 0 aliphatic heterocycles. The summed E-state index contributed by atoms with van der Waals surface area (Å²) in [5.41, 5.74) is 0. The largest absolute Gasteiger partial charge is 0.338 e. The maximum atomic E-state index is 4.31. The molecule has 1 heterocycles. The predicted octanol–water partition coefficient (Wildman–Crippen LogP) is 1.13. The Balaban J connectivity index is 2.77. The number of hydrogen-bond donors (Lipinski definition) is 1. The Kier molecular flexibility index (Phi) is 2.87. The van der Waals surface area contributed by atoms with Crippen LogP contribution in [0.3, 0.4) is 0 Å². The molecule has 1 rings (SSSR count). The first-order valence-electron chi connectivity index (χ1n) is 4.31. The van der Waals surface area contributed by atoms with Gasteiger partial charge in [0.25, 0.3) is 0 Å². The molecule has 2 atom stereocenters. The number of aryl methyl sites for hydroxylation is 1. The van der Waals surface area contributed by atoms with Crippen molar-refractivity contribution in [2.45, 2.75) is 25.8 Å². The molecule has 3 nitrogen and oxygen atoms in total. The normalized spacial score (nSPS) is 16.0. The van der Waals surface area contributed by atoms with Gasteiger partial charge in [-0.05, 0) is 14.0 Å². The molecule has 12 heavy (non-hydrogen) atoms. The van der Waals surface area contributed by atoms with Crippen molar-refractivity contribution >= 4 is 0 Å². The molecule has 0 amide bonds. The fourth-order valence-corrected chi connectivity index (χ4v) is 1.29. The second kappa shape index (κ2) is 3.72. The topological polar surface area (TPSA) is 29.9 Å². The minimum absolute atomic E-state index is 0.454. The van der Waals surface area contributed by atoms with E-state index >= 15 is 0 Å².